The smallest absolute Gasteiger partial charge is 0.333 e. The summed E-state index contributed by atoms with van der Waals surface area (Å²) >= 11 is 0. The molecule has 0 aromatic heterocycles. The Morgan fingerprint density at radius 3 is 1.91 bits per heavy atom. The molecule has 0 saturated heterocycles. The molecule has 0 atom stereocenters. The van der Waals surface area contributed by atoms with Crippen molar-refractivity contribution in [3.63, 3.8) is 0 Å². The van der Waals surface area contributed by atoms with Crippen molar-refractivity contribution in [3.8, 4) is 0 Å². The van der Waals surface area contributed by atoms with E-state index in [2.05, 4.69) is 13.2 Å². The standard InChI is InChI=1S/C10H19NO2.C8H14O2/c1-4-9(5-2)8(3)10(12)13-7-6-11;1-6(2)5-10-8(9)7(3)4/h9H,3-7,11H2,1-2H3;6H,3,5H2,1-2,4H3. The van der Waals surface area contributed by atoms with Gasteiger partial charge in [0.1, 0.15) is 6.61 Å². The second kappa shape index (κ2) is 14.0. The van der Waals surface area contributed by atoms with Gasteiger partial charge >= 0.3 is 11.9 Å². The van der Waals surface area contributed by atoms with Crippen molar-refractivity contribution < 1.29 is 19.1 Å². The zero-order valence-corrected chi connectivity index (χ0v) is 15.3. The highest BCUT2D eigenvalue weighted by atomic mass is 16.5. The molecule has 0 bridgehead atoms. The van der Waals surface area contributed by atoms with Gasteiger partial charge in [0.2, 0.25) is 0 Å². The van der Waals surface area contributed by atoms with Gasteiger partial charge in [0, 0.05) is 17.7 Å². The average molecular weight is 327 g/mol. The van der Waals surface area contributed by atoms with E-state index < -0.39 is 0 Å². The lowest BCUT2D eigenvalue weighted by molar-refractivity contribution is -0.140. The van der Waals surface area contributed by atoms with Crippen LogP contribution in [0.1, 0.15) is 47.5 Å². The Hall–Kier alpha value is -1.62. The lowest BCUT2D eigenvalue weighted by Gasteiger charge is -2.14. The predicted octanol–water partition coefficient (Wildman–Crippen LogP) is 3.24. The molecule has 0 unspecified atom stereocenters. The number of hydrogen-bond donors (Lipinski definition) is 1. The van der Waals surface area contributed by atoms with E-state index in [0.717, 1.165) is 12.8 Å². The molecule has 0 aliphatic rings. The summed E-state index contributed by atoms with van der Waals surface area (Å²) in [5, 5.41) is 0. The van der Waals surface area contributed by atoms with Gasteiger partial charge in [-0.3, -0.25) is 0 Å². The summed E-state index contributed by atoms with van der Waals surface area (Å²) in [7, 11) is 0. The van der Waals surface area contributed by atoms with Gasteiger partial charge < -0.3 is 15.2 Å². The Bertz CT molecular complexity index is 384. The molecule has 5 nitrogen and oxygen atoms in total. The molecule has 0 spiro atoms. The molecule has 0 aromatic carbocycles. The van der Waals surface area contributed by atoms with Gasteiger partial charge in [-0.1, -0.05) is 40.9 Å². The predicted molar refractivity (Wildman–Crippen MR) is 93.8 cm³/mol. The molecule has 134 valence electrons. The van der Waals surface area contributed by atoms with Crippen molar-refractivity contribution in [2.24, 2.45) is 17.6 Å². The molecule has 0 aromatic rings. The summed E-state index contributed by atoms with van der Waals surface area (Å²) in [6.45, 7) is 18.0. The summed E-state index contributed by atoms with van der Waals surface area (Å²) in [4.78, 5) is 22.0. The fourth-order valence-corrected chi connectivity index (χ4v) is 1.56. The third-order valence-electron chi connectivity index (χ3n) is 2.99. The summed E-state index contributed by atoms with van der Waals surface area (Å²) < 4.78 is 9.70. The monoisotopic (exact) mass is 327 g/mol. The first-order valence-corrected chi connectivity index (χ1v) is 8.09. The quantitative estimate of drug-likeness (QED) is 0.519. The van der Waals surface area contributed by atoms with Crippen LogP contribution in [0.2, 0.25) is 0 Å². The molecule has 2 N–H and O–H groups in total. The fourth-order valence-electron chi connectivity index (χ4n) is 1.56. The molecule has 0 rings (SSSR count). The van der Waals surface area contributed by atoms with Crippen molar-refractivity contribution in [2.75, 3.05) is 19.8 Å². The molecule has 0 radical (unpaired) electrons. The van der Waals surface area contributed by atoms with Crippen LogP contribution in [-0.4, -0.2) is 31.7 Å². The zero-order valence-electron chi connectivity index (χ0n) is 15.3. The molecule has 0 saturated carbocycles. The first kappa shape index (κ1) is 23.6. The summed E-state index contributed by atoms with van der Waals surface area (Å²) in [5.74, 6) is 0.0291. The van der Waals surface area contributed by atoms with Crippen molar-refractivity contribution in [2.45, 2.75) is 47.5 Å². The summed E-state index contributed by atoms with van der Waals surface area (Å²) in [6, 6.07) is 0. The number of ether oxygens (including phenoxy) is 2. The van der Waals surface area contributed by atoms with Crippen LogP contribution in [0.3, 0.4) is 0 Å². The van der Waals surface area contributed by atoms with E-state index in [1.807, 2.05) is 27.7 Å². The minimum Gasteiger partial charge on any atom is -0.462 e. The Morgan fingerprint density at radius 2 is 1.57 bits per heavy atom. The van der Waals surface area contributed by atoms with Gasteiger partial charge in [0.05, 0.1) is 6.61 Å². The third kappa shape index (κ3) is 12.6. The number of nitrogens with two attached hydrogens (primary N) is 1. The second-order valence-electron chi connectivity index (χ2n) is 5.74. The highest BCUT2D eigenvalue weighted by Crippen LogP contribution is 2.18. The SMILES string of the molecule is C=C(C(=O)OCCN)C(CC)CC.C=C(C)C(=O)OCC(C)C. The molecule has 0 aliphatic heterocycles. The molecular weight excluding hydrogens is 294 g/mol. The highest BCUT2D eigenvalue weighted by Gasteiger charge is 2.16. The van der Waals surface area contributed by atoms with Crippen molar-refractivity contribution in [1.29, 1.82) is 0 Å². The van der Waals surface area contributed by atoms with Crippen LogP contribution in [0.15, 0.2) is 24.3 Å². The second-order valence-corrected chi connectivity index (χ2v) is 5.74. The van der Waals surface area contributed by atoms with Gasteiger partial charge in [-0.05, 0) is 31.6 Å². The summed E-state index contributed by atoms with van der Waals surface area (Å²) in [5.41, 5.74) is 6.24. The molecule has 5 heteroatoms. The van der Waals surface area contributed by atoms with Crippen LogP contribution in [0, 0.1) is 11.8 Å². The average Bonchev–Trinajstić information content (AvgIpc) is 2.51. The van der Waals surface area contributed by atoms with Gasteiger partial charge in [-0.25, -0.2) is 9.59 Å². The van der Waals surface area contributed by atoms with E-state index in [0.29, 0.717) is 30.2 Å². The molecule has 0 heterocycles. The normalized spacial score (nSPS) is 9.91. The van der Waals surface area contributed by atoms with Crippen molar-refractivity contribution >= 4 is 11.9 Å². The van der Waals surface area contributed by atoms with Crippen molar-refractivity contribution in [1.82, 2.24) is 0 Å². The topological polar surface area (TPSA) is 78.6 Å². The number of hydrogen-bond acceptors (Lipinski definition) is 5. The minimum absolute atomic E-state index is 0.241. The van der Waals surface area contributed by atoms with E-state index in [-0.39, 0.29) is 24.5 Å². The van der Waals surface area contributed by atoms with Gasteiger partial charge in [-0.2, -0.15) is 0 Å². The first-order chi connectivity index (χ1) is 10.7. The number of rotatable bonds is 9. The van der Waals surface area contributed by atoms with Gasteiger partial charge in [-0.15, -0.1) is 0 Å². The van der Waals surface area contributed by atoms with E-state index >= 15 is 0 Å². The zero-order chi connectivity index (χ0) is 18.4. The maximum absolute atomic E-state index is 11.3. The Labute approximate surface area is 140 Å². The minimum atomic E-state index is -0.306. The molecule has 0 fully saturated rings. The fraction of sp³-hybridized carbons (Fsp3) is 0.667. The van der Waals surface area contributed by atoms with Crippen LogP contribution in [0.4, 0.5) is 0 Å². The Morgan fingerprint density at radius 1 is 1.04 bits per heavy atom. The maximum Gasteiger partial charge on any atom is 0.333 e. The van der Waals surface area contributed by atoms with Crippen LogP contribution < -0.4 is 5.73 Å². The van der Waals surface area contributed by atoms with Crippen molar-refractivity contribution in [3.05, 3.63) is 24.3 Å². The number of esters is 2. The lowest BCUT2D eigenvalue weighted by atomic mass is 9.95. The number of carbonyl (C=O) groups excluding carboxylic acids is 2. The van der Waals surface area contributed by atoms with Gasteiger partial charge in [0.15, 0.2) is 0 Å². The van der Waals surface area contributed by atoms with Crippen LogP contribution in [0.5, 0.6) is 0 Å². The maximum atomic E-state index is 11.3. The largest absolute Gasteiger partial charge is 0.462 e. The van der Waals surface area contributed by atoms with E-state index in [1.165, 1.54) is 0 Å². The van der Waals surface area contributed by atoms with Crippen LogP contribution >= 0.6 is 0 Å². The first-order valence-electron chi connectivity index (χ1n) is 8.09. The molecular formula is C18H33NO4. The van der Waals surface area contributed by atoms with Crippen LogP contribution in [-0.2, 0) is 19.1 Å². The van der Waals surface area contributed by atoms with E-state index in [1.54, 1.807) is 6.92 Å². The summed E-state index contributed by atoms with van der Waals surface area (Å²) in [6.07, 6.45) is 1.85. The number of carbonyl (C=O) groups is 2. The Balaban J connectivity index is 0. The van der Waals surface area contributed by atoms with E-state index in [4.69, 9.17) is 15.2 Å². The molecule has 0 amide bonds. The molecule has 0 aliphatic carbocycles. The van der Waals surface area contributed by atoms with Gasteiger partial charge in [0.25, 0.3) is 0 Å². The third-order valence-corrected chi connectivity index (χ3v) is 2.99. The van der Waals surface area contributed by atoms with Crippen LogP contribution in [0.25, 0.3) is 0 Å². The lowest BCUT2D eigenvalue weighted by Crippen LogP contribution is -2.18. The molecule has 23 heavy (non-hydrogen) atoms. The van der Waals surface area contributed by atoms with E-state index in [9.17, 15) is 9.59 Å². The highest BCUT2D eigenvalue weighted by molar-refractivity contribution is 5.88. The Kier molecular flexibility index (Phi) is 14.4.